The zero-order valence-corrected chi connectivity index (χ0v) is 9.50. The van der Waals surface area contributed by atoms with Crippen LogP contribution in [0, 0.1) is 0 Å². The van der Waals surface area contributed by atoms with Crippen molar-refractivity contribution in [2.45, 2.75) is 25.8 Å². The van der Waals surface area contributed by atoms with E-state index in [0.717, 1.165) is 18.5 Å². The summed E-state index contributed by atoms with van der Waals surface area (Å²) < 4.78 is 1.90. The van der Waals surface area contributed by atoms with Crippen molar-refractivity contribution in [3.05, 3.63) is 48.3 Å². The van der Waals surface area contributed by atoms with E-state index in [-0.39, 0.29) is 6.04 Å². The Morgan fingerprint density at radius 1 is 1.31 bits per heavy atom. The van der Waals surface area contributed by atoms with Gasteiger partial charge in [-0.15, -0.1) is 0 Å². The third-order valence-corrected chi connectivity index (χ3v) is 2.55. The Kier molecular flexibility index (Phi) is 3.37. The molecule has 0 spiro atoms. The summed E-state index contributed by atoms with van der Waals surface area (Å²) in [4.78, 5) is 0. The number of nitrogens with zero attached hydrogens (tertiary/aromatic N) is 2. The first-order chi connectivity index (χ1) is 7.75. The molecule has 0 amide bonds. The van der Waals surface area contributed by atoms with Crippen LogP contribution >= 0.6 is 0 Å². The molecule has 1 aromatic heterocycles. The minimum atomic E-state index is 0.250. The lowest BCUT2D eigenvalue weighted by atomic mass is 10.1. The van der Waals surface area contributed by atoms with Gasteiger partial charge in [-0.25, -0.2) is 4.68 Å². The predicted molar refractivity (Wildman–Crippen MR) is 65.5 cm³/mol. The van der Waals surface area contributed by atoms with Gasteiger partial charge in [0.15, 0.2) is 0 Å². The maximum Gasteiger partial charge on any atom is 0.0645 e. The van der Waals surface area contributed by atoms with E-state index in [4.69, 9.17) is 5.73 Å². The first kappa shape index (κ1) is 10.9. The van der Waals surface area contributed by atoms with E-state index in [1.54, 1.807) is 0 Å². The number of aromatic nitrogens is 2. The number of aryl methyl sites for hydroxylation is 1. The number of para-hydroxylation sites is 1. The van der Waals surface area contributed by atoms with Gasteiger partial charge in [0, 0.05) is 12.2 Å². The minimum Gasteiger partial charge on any atom is -0.328 e. The molecule has 16 heavy (non-hydrogen) atoms. The zero-order valence-electron chi connectivity index (χ0n) is 9.50. The van der Waals surface area contributed by atoms with Gasteiger partial charge in [-0.3, -0.25) is 0 Å². The van der Waals surface area contributed by atoms with Gasteiger partial charge in [0.2, 0.25) is 0 Å². The van der Waals surface area contributed by atoms with Crippen molar-refractivity contribution < 1.29 is 0 Å². The van der Waals surface area contributed by atoms with Crippen LogP contribution in [0.1, 0.15) is 18.9 Å². The Morgan fingerprint density at radius 3 is 2.75 bits per heavy atom. The SMILES string of the molecule is C[C@H](N)CCc1cnn(-c2ccccc2)c1. The van der Waals surface area contributed by atoms with Gasteiger partial charge in [-0.1, -0.05) is 18.2 Å². The van der Waals surface area contributed by atoms with E-state index in [0.29, 0.717) is 0 Å². The van der Waals surface area contributed by atoms with Gasteiger partial charge in [0.25, 0.3) is 0 Å². The molecule has 0 radical (unpaired) electrons. The van der Waals surface area contributed by atoms with E-state index in [1.807, 2.05) is 48.1 Å². The highest BCUT2D eigenvalue weighted by atomic mass is 15.3. The summed E-state index contributed by atoms with van der Waals surface area (Å²) >= 11 is 0. The number of benzene rings is 1. The fraction of sp³-hybridized carbons (Fsp3) is 0.308. The number of nitrogens with two attached hydrogens (primary N) is 1. The van der Waals surface area contributed by atoms with Gasteiger partial charge in [0.1, 0.15) is 0 Å². The zero-order chi connectivity index (χ0) is 11.4. The molecule has 2 rings (SSSR count). The molecule has 0 saturated heterocycles. The number of rotatable bonds is 4. The highest BCUT2D eigenvalue weighted by molar-refractivity contribution is 5.30. The Balaban J connectivity index is 2.08. The summed E-state index contributed by atoms with van der Waals surface area (Å²) in [5.41, 5.74) is 8.06. The molecule has 0 bridgehead atoms. The fourth-order valence-corrected chi connectivity index (χ4v) is 1.61. The lowest BCUT2D eigenvalue weighted by Gasteiger charge is -2.02. The third kappa shape index (κ3) is 2.70. The Hall–Kier alpha value is -1.61. The summed E-state index contributed by atoms with van der Waals surface area (Å²) in [6.45, 7) is 2.03. The molecule has 0 aliphatic rings. The summed E-state index contributed by atoms with van der Waals surface area (Å²) in [5, 5.41) is 4.34. The first-order valence-electron chi connectivity index (χ1n) is 5.60. The van der Waals surface area contributed by atoms with Gasteiger partial charge >= 0.3 is 0 Å². The monoisotopic (exact) mass is 215 g/mol. The van der Waals surface area contributed by atoms with Crippen LogP contribution < -0.4 is 5.73 Å². The second kappa shape index (κ2) is 4.94. The van der Waals surface area contributed by atoms with Crippen molar-refractivity contribution in [2.75, 3.05) is 0 Å². The second-order valence-corrected chi connectivity index (χ2v) is 4.14. The summed E-state index contributed by atoms with van der Waals surface area (Å²) in [5.74, 6) is 0. The van der Waals surface area contributed by atoms with Gasteiger partial charge in [-0.2, -0.15) is 5.10 Å². The quantitative estimate of drug-likeness (QED) is 0.849. The average molecular weight is 215 g/mol. The van der Waals surface area contributed by atoms with Crippen LogP contribution in [-0.4, -0.2) is 15.8 Å². The van der Waals surface area contributed by atoms with Gasteiger partial charge < -0.3 is 5.73 Å². The summed E-state index contributed by atoms with van der Waals surface area (Å²) in [7, 11) is 0. The van der Waals surface area contributed by atoms with Gasteiger partial charge in [0.05, 0.1) is 11.9 Å². The van der Waals surface area contributed by atoms with Crippen LogP contribution in [-0.2, 0) is 6.42 Å². The molecule has 1 heterocycles. The molecule has 0 aliphatic heterocycles. The van der Waals surface area contributed by atoms with Crippen LogP contribution in [0.2, 0.25) is 0 Å². The standard InChI is InChI=1S/C13H17N3/c1-11(14)7-8-12-9-15-16(10-12)13-5-3-2-4-6-13/h2-6,9-11H,7-8,14H2,1H3/t11-/m0/s1. The average Bonchev–Trinajstić information content (AvgIpc) is 2.76. The van der Waals surface area contributed by atoms with E-state index in [1.165, 1.54) is 5.56 Å². The normalized spacial score (nSPS) is 12.6. The highest BCUT2D eigenvalue weighted by Crippen LogP contribution is 2.09. The molecule has 3 heteroatoms. The van der Waals surface area contributed by atoms with E-state index in [2.05, 4.69) is 11.3 Å². The van der Waals surface area contributed by atoms with Crippen molar-refractivity contribution in [3.63, 3.8) is 0 Å². The van der Waals surface area contributed by atoms with Crippen molar-refractivity contribution in [1.29, 1.82) is 0 Å². The molecule has 2 aromatic rings. The maximum atomic E-state index is 5.73. The van der Waals surface area contributed by atoms with Crippen molar-refractivity contribution in [2.24, 2.45) is 5.73 Å². The Bertz CT molecular complexity index is 431. The lowest BCUT2D eigenvalue weighted by Crippen LogP contribution is -2.15. The highest BCUT2D eigenvalue weighted by Gasteiger charge is 2.01. The molecular weight excluding hydrogens is 198 g/mol. The smallest absolute Gasteiger partial charge is 0.0645 e. The number of hydrogen-bond donors (Lipinski definition) is 1. The molecular formula is C13H17N3. The molecule has 84 valence electrons. The third-order valence-electron chi connectivity index (χ3n) is 2.55. The largest absolute Gasteiger partial charge is 0.328 e. The van der Waals surface area contributed by atoms with Crippen LogP contribution in [0.15, 0.2) is 42.7 Å². The molecule has 0 aliphatic carbocycles. The molecule has 1 aromatic carbocycles. The van der Waals surface area contributed by atoms with Crippen molar-refractivity contribution in [1.82, 2.24) is 9.78 Å². The molecule has 0 saturated carbocycles. The lowest BCUT2D eigenvalue weighted by molar-refractivity contribution is 0.666. The Labute approximate surface area is 95.9 Å². The van der Waals surface area contributed by atoms with E-state index >= 15 is 0 Å². The Morgan fingerprint density at radius 2 is 2.06 bits per heavy atom. The molecule has 2 N–H and O–H groups in total. The van der Waals surface area contributed by atoms with Crippen LogP contribution in [0.25, 0.3) is 5.69 Å². The van der Waals surface area contributed by atoms with Crippen LogP contribution in [0.4, 0.5) is 0 Å². The predicted octanol–water partition coefficient (Wildman–Crippen LogP) is 2.15. The van der Waals surface area contributed by atoms with Crippen LogP contribution in [0.3, 0.4) is 0 Å². The molecule has 0 unspecified atom stereocenters. The van der Waals surface area contributed by atoms with E-state index < -0.39 is 0 Å². The fourth-order valence-electron chi connectivity index (χ4n) is 1.61. The second-order valence-electron chi connectivity index (χ2n) is 4.14. The first-order valence-corrected chi connectivity index (χ1v) is 5.60. The molecule has 3 nitrogen and oxygen atoms in total. The van der Waals surface area contributed by atoms with Crippen LogP contribution in [0.5, 0.6) is 0 Å². The molecule has 0 fully saturated rings. The van der Waals surface area contributed by atoms with Crippen molar-refractivity contribution in [3.8, 4) is 5.69 Å². The minimum absolute atomic E-state index is 0.250. The number of hydrogen-bond acceptors (Lipinski definition) is 2. The maximum absolute atomic E-state index is 5.73. The van der Waals surface area contributed by atoms with Crippen molar-refractivity contribution >= 4 is 0 Å². The summed E-state index contributed by atoms with van der Waals surface area (Å²) in [6, 6.07) is 10.4. The topological polar surface area (TPSA) is 43.8 Å². The molecule has 1 atom stereocenters. The summed E-state index contributed by atoms with van der Waals surface area (Å²) in [6.07, 6.45) is 5.97. The van der Waals surface area contributed by atoms with E-state index in [9.17, 15) is 0 Å². The van der Waals surface area contributed by atoms with Gasteiger partial charge in [-0.05, 0) is 37.5 Å².